The summed E-state index contributed by atoms with van der Waals surface area (Å²) in [6.45, 7) is 7.93. The molecule has 0 aliphatic heterocycles. The van der Waals surface area contributed by atoms with Crippen molar-refractivity contribution in [2.75, 3.05) is 13.7 Å². The van der Waals surface area contributed by atoms with Gasteiger partial charge in [-0.1, -0.05) is 26.5 Å². The molecule has 104 valence electrons. The standard InChI is InChI=1S/C12H21ClNO3P/c1-6-8-14(18(13,16)7-2)11(9-10(3)4)12(15)17-5/h6-7,10-11H,1-2,8-9H2,3-5H3/t11-,18?/m0/s1. The van der Waals surface area contributed by atoms with Crippen LogP contribution in [0.2, 0.25) is 0 Å². The number of hydrogen-bond donors (Lipinski definition) is 0. The number of carbonyl (C=O) groups excluding carboxylic acids is 1. The second kappa shape index (κ2) is 7.78. The van der Waals surface area contributed by atoms with Crippen LogP contribution in [0.5, 0.6) is 0 Å². The SMILES string of the molecule is C=CCN([C@@H](CC(C)C)C(=O)OC)P(=O)(Cl)C=C. The van der Waals surface area contributed by atoms with Gasteiger partial charge in [0.1, 0.15) is 6.04 Å². The molecule has 0 spiro atoms. The van der Waals surface area contributed by atoms with E-state index in [1.165, 1.54) is 17.6 Å². The molecule has 2 atom stereocenters. The van der Waals surface area contributed by atoms with Gasteiger partial charge in [0.15, 0.2) is 0 Å². The van der Waals surface area contributed by atoms with Crippen LogP contribution in [0.15, 0.2) is 25.1 Å². The van der Waals surface area contributed by atoms with Gasteiger partial charge in [0.05, 0.1) is 7.11 Å². The highest BCUT2D eigenvalue weighted by Crippen LogP contribution is 2.57. The molecule has 0 bridgehead atoms. The Kier molecular flexibility index (Phi) is 7.53. The van der Waals surface area contributed by atoms with E-state index in [1.54, 1.807) is 6.08 Å². The van der Waals surface area contributed by atoms with E-state index in [1.807, 2.05) is 13.8 Å². The predicted octanol–water partition coefficient (Wildman–Crippen LogP) is 3.64. The number of carbonyl (C=O) groups is 1. The molecule has 0 aliphatic carbocycles. The smallest absolute Gasteiger partial charge is 0.323 e. The average Bonchev–Trinajstić information content (AvgIpc) is 2.32. The summed E-state index contributed by atoms with van der Waals surface area (Å²) in [5.74, 6) is 0.963. The number of nitrogens with zero attached hydrogens (tertiary/aromatic N) is 1. The zero-order valence-electron chi connectivity index (χ0n) is 11.1. The van der Waals surface area contributed by atoms with Gasteiger partial charge in [-0.15, -0.1) is 6.58 Å². The van der Waals surface area contributed by atoms with E-state index in [2.05, 4.69) is 13.2 Å². The molecule has 0 heterocycles. The number of rotatable bonds is 8. The summed E-state index contributed by atoms with van der Waals surface area (Å²) in [6.07, 6.45) is 2.06. The second-order valence-electron chi connectivity index (χ2n) is 4.31. The van der Waals surface area contributed by atoms with Gasteiger partial charge >= 0.3 is 5.97 Å². The molecule has 0 amide bonds. The molecule has 0 radical (unpaired) electrons. The average molecular weight is 294 g/mol. The van der Waals surface area contributed by atoms with Crippen LogP contribution < -0.4 is 0 Å². The first-order valence-corrected chi connectivity index (χ1v) is 8.32. The maximum Gasteiger partial charge on any atom is 0.323 e. The van der Waals surface area contributed by atoms with E-state index in [-0.39, 0.29) is 12.5 Å². The molecule has 0 aromatic carbocycles. The summed E-state index contributed by atoms with van der Waals surface area (Å²) in [6, 6.07) is -0.658. The lowest BCUT2D eigenvalue weighted by atomic mass is 10.0. The third-order valence-electron chi connectivity index (χ3n) is 2.42. The third-order valence-corrected chi connectivity index (χ3v) is 5.01. The van der Waals surface area contributed by atoms with E-state index in [9.17, 15) is 9.36 Å². The van der Waals surface area contributed by atoms with Crippen molar-refractivity contribution in [1.29, 1.82) is 0 Å². The topological polar surface area (TPSA) is 46.6 Å². The van der Waals surface area contributed by atoms with E-state index >= 15 is 0 Å². The first-order chi connectivity index (χ1) is 8.30. The van der Waals surface area contributed by atoms with Crippen LogP contribution in [0.1, 0.15) is 20.3 Å². The number of ether oxygens (including phenoxy) is 1. The van der Waals surface area contributed by atoms with Gasteiger partial charge in [-0.3, -0.25) is 9.36 Å². The quantitative estimate of drug-likeness (QED) is 0.389. The van der Waals surface area contributed by atoms with Gasteiger partial charge < -0.3 is 4.74 Å². The fourth-order valence-corrected chi connectivity index (χ4v) is 3.21. The van der Waals surface area contributed by atoms with Crippen molar-refractivity contribution in [2.24, 2.45) is 5.92 Å². The van der Waals surface area contributed by atoms with Gasteiger partial charge in [0.2, 0.25) is 0 Å². The van der Waals surface area contributed by atoms with Crippen LogP contribution in [0.4, 0.5) is 0 Å². The summed E-state index contributed by atoms with van der Waals surface area (Å²) >= 11 is 5.95. The van der Waals surface area contributed by atoms with Crippen molar-refractivity contribution in [1.82, 2.24) is 4.67 Å². The minimum Gasteiger partial charge on any atom is -0.468 e. The summed E-state index contributed by atoms with van der Waals surface area (Å²) in [5.41, 5.74) is 0. The Labute approximate surface area is 114 Å². The molecular weight excluding hydrogens is 273 g/mol. The highest BCUT2D eigenvalue weighted by molar-refractivity contribution is 7.89. The lowest BCUT2D eigenvalue weighted by Gasteiger charge is -2.31. The van der Waals surface area contributed by atoms with Crippen LogP contribution >= 0.6 is 17.9 Å². The molecule has 6 heteroatoms. The lowest BCUT2D eigenvalue weighted by molar-refractivity contribution is -0.145. The summed E-state index contributed by atoms with van der Waals surface area (Å²) in [5, 5.41) is 0. The van der Waals surface area contributed by atoms with Crippen LogP contribution in [-0.4, -0.2) is 30.3 Å². The van der Waals surface area contributed by atoms with E-state index in [4.69, 9.17) is 16.0 Å². The summed E-state index contributed by atoms with van der Waals surface area (Å²) in [4.78, 5) is 11.8. The van der Waals surface area contributed by atoms with Crippen molar-refractivity contribution in [3.8, 4) is 0 Å². The minimum atomic E-state index is -3.28. The maximum absolute atomic E-state index is 12.2. The Morgan fingerprint density at radius 1 is 1.50 bits per heavy atom. The molecule has 0 aliphatic rings. The van der Waals surface area contributed by atoms with Crippen molar-refractivity contribution in [2.45, 2.75) is 26.3 Å². The minimum absolute atomic E-state index is 0.235. The number of hydrogen-bond acceptors (Lipinski definition) is 3. The number of halogens is 1. The Balaban J connectivity index is 5.33. The molecule has 1 unspecified atom stereocenters. The Hall–Kier alpha value is -0.570. The molecule has 0 aromatic heterocycles. The molecule has 0 saturated heterocycles. The molecule has 0 fully saturated rings. The molecular formula is C12H21ClNO3P. The van der Waals surface area contributed by atoms with Gasteiger partial charge in [0.25, 0.3) is 6.65 Å². The first kappa shape index (κ1) is 17.4. The Bertz CT molecular complexity index is 357. The second-order valence-corrected chi connectivity index (χ2v) is 7.73. The molecule has 4 nitrogen and oxygen atoms in total. The zero-order chi connectivity index (χ0) is 14.3. The van der Waals surface area contributed by atoms with Gasteiger partial charge in [-0.25, -0.2) is 4.67 Å². The highest BCUT2D eigenvalue weighted by atomic mass is 35.7. The van der Waals surface area contributed by atoms with Crippen molar-refractivity contribution >= 4 is 23.9 Å². The van der Waals surface area contributed by atoms with Crippen LogP contribution in [0, 0.1) is 5.92 Å². The van der Waals surface area contributed by atoms with E-state index < -0.39 is 18.7 Å². The van der Waals surface area contributed by atoms with E-state index in [0.717, 1.165) is 0 Å². The molecule has 0 aromatic rings. The first-order valence-electron chi connectivity index (χ1n) is 5.69. The van der Waals surface area contributed by atoms with E-state index in [0.29, 0.717) is 6.42 Å². The van der Waals surface area contributed by atoms with Gasteiger partial charge in [-0.05, 0) is 29.4 Å². The third kappa shape index (κ3) is 4.97. The fraction of sp³-hybridized carbons (Fsp3) is 0.583. The Morgan fingerprint density at radius 3 is 2.39 bits per heavy atom. The van der Waals surface area contributed by atoms with Crippen LogP contribution in [0.3, 0.4) is 0 Å². The number of esters is 1. The number of methoxy groups -OCH3 is 1. The monoisotopic (exact) mass is 293 g/mol. The normalized spacial score (nSPS) is 16.1. The van der Waals surface area contributed by atoms with Crippen molar-refractivity contribution in [3.05, 3.63) is 25.1 Å². The largest absolute Gasteiger partial charge is 0.468 e. The maximum atomic E-state index is 12.2. The van der Waals surface area contributed by atoms with Crippen LogP contribution in [-0.2, 0) is 14.1 Å². The molecule has 0 N–H and O–H groups in total. The predicted molar refractivity (Wildman–Crippen MR) is 75.8 cm³/mol. The van der Waals surface area contributed by atoms with Crippen molar-refractivity contribution in [3.63, 3.8) is 0 Å². The molecule has 18 heavy (non-hydrogen) atoms. The fourth-order valence-electron chi connectivity index (χ4n) is 1.59. The van der Waals surface area contributed by atoms with Crippen molar-refractivity contribution < 1.29 is 14.1 Å². The highest BCUT2D eigenvalue weighted by Gasteiger charge is 2.36. The van der Waals surface area contributed by atoms with Gasteiger partial charge in [0, 0.05) is 6.54 Å². The Morgan fingerprint density at radius 2 is 2.06 bits per heavy atom. The molecule has 0 rings (SSSR count). The van der Waals surface area contributed by atoms with Crippen LogP contribution in [0.25, 0.3) is 0 Å². The lowest BCUT2D eigenvalue weighted by Crippen LogP contribution is -2.39. The molecule has 0 saturated carbocycles. The zero-order valence-corrected chi connectivity index (χ0v) is 12.8. The summed E-state index contributed by atoms with van der Waals surface area (Å²) < 4.78 is 18.4. The summed E-state index contributed by atoms with van der Waals surface area (Å²) in [7, 11) is 1.30. The van der Waals surface area contributed by atoms with Gasteiger partial charge in [-0.2, -0.15) is 0 Å².